The van der Waals surface area contributed by atoms with Crippen LogP contribution < -0.4 is 5.32 Å². The summed E-state index contributed by atoms with van der Waals surface area (Å²) in [5.41, 5.74) is -0.579. The number of carbonyl (C=O) groups is 1. The van der Waals surface area contributed by atoms with Gasteiger partial charge in [-0.1, -0.05) is 13.8 Å². The Morgan fingerprint density at radius 2 is 2.17 bits per heavy atom. The molecule has 0 heterocycles. The smallest absolute Gasteiger partial charge is 0.323 e. The van der Waals surface area contributed by atoms with Crippen LogP contribution in [0, 0.1) is 5.92 Å². The van der Waals surface area contributed by atoms with Crippen LogP contribution in [0.5, 0.6) is 0 Å². The number of rotatable bonds is 4. The first-order valence-corrected chi connectivity index (χ1v) is 4.55. The third-order valence-electron chi connectivity index (χ3n) is 2.47. The molecular weight excluding hydrogens is 154 g/mol. The molecule has 0 aromatic heterocycles. The summed E-state index contributed by atoms with van der Waals surface area (Å²) in [6, 6.07) is 0. The molecule has 0 amide bonds. The Morgan fingerprint density at radius 1 is 1.58 bits per heavy atom. The molecule has 0 aliphatic heterocycles. The molecule has 1 saturated carbocycles. The van der Waals surface area contributed by atoms with Gasteiger partial charge in [0, 0.05) is 0 Å². The Hall–Kier alpha value is -0.570. The van der Waals surface area contributed by atoms with Crippen LogP contribution in [0.1, 0.15) is 33.1 Å². The van der Waals surface area contributed by atoms with Crippen molar-refractivity contribution in [3.63, 3.8) is 0 Å². The molecule has 3 nitrogen and oxygen atoms in total. The molecule has 0 saturated heterocycles. The summed E-state index contributed by atoms with van der Waals surface area (Å²) in [6.07, 6.45) is 2.61. The third kappa shape index (κ3) is 1.78. The number of hydrogen-bond donors (Lipinski definition) is 2. The first-order chi connectivity index (χ1) is 5.57. The van der Waals surface area contributed by atoms with Gasteiger partial charge in [-0.2, -0.15) is 0 Å². The van der Waals surface area contributed by atoms with Crippen molar-refractivity contribution in [3.05, 3.63) is 0 Å². The molecule has 2 N–H and O–H groups in total. The molecule has 1 aliphatic carbocycles. The molecule has 1 rings (SSSR count). The van der Waals surface area contributed by atoms with E-state index in [1.807, 2.05) is 0 Å². The van der Waals surface area contributed by atoms with Crippen LogP contribution in [-0.2, 0) is 4.79 Å². The van der Waals surface area contributed by atoms with Gasteiger partial charge in [0.05, 0.1) is 0 Å². The average Bonchev–Trinajstić information content (AvgIpc) is 1.83. The van der Waals surface area contributed by atoms with E-state index in [2.05, 4.69) is 19.2 Å². The average molecular weight is 171 g/mol. The van der Waals surface area contributed by atoms with Crippen molar-refractivity contribution >= 4 is 5.97 Å². The van der Waals surface area contributed by atoms with Crippen LogP contribution in [0.4, 0.5) is 0 Å². The second-order valence-corrected chi connectivity index (χ2v) is 4.02. The molecule has 70 valence electrons. The molecule has 0 bridgehead atoms. The molecule has 0 radical (unpaired) electrons. The quantitative estimate of drug-likeness (QED) is 0.669. The number of hydrogen-bond acceptors (Lipinski definition) is 2. The first kappa shape index (κ1) is 9.52. The summed E-state index contributed by atoms with van der Waals surface area (Å²) < 4.78 is 0. The first-order valence-electron chi connectivity index (χ1n) is 4.55. The second-order valence-electron chi connectivity index (χ2n) is 4.02. The van der Waals surface area contributed by atoms with E-state index in [1.54, 1.807) is 0 Å². The minimum atomic E-state index is -0.686. The van der Waals surface area contributed by atoms with Crippen LogP contribution in [0.15, 0.2) is 0 Å². The summed E-state index contributed by atoms with van der Waals surface area (Å²) in [5.74, 6) is -0.170. The van der Waals surface area contributed by atoms with E-state index in [-0.39, 0.29) is 0 Å². The van der Waals surface area contributed by atoms with Gasteiger partial charge in [0.2, 0.25) is 0 Å². The van der Waals surface area contributed by atoms with Gasteiger partial charge in [-0.05, 0) is 31.7 Å². The molecule has 0 unspecified atom stereocenters. The zero-order chi connectivity index (χ0) is 9.19. The third-order valence-corrected chi connectivity index (χ3v) is 2.47. The Balaban J connectivity index is 2.40. The maximum atomic E-state index is 10.9. The van der Waals surface area contributed by atoms with Gasteiger partial charge < -0.3 is 10.4 Å². The van der Waals surface area contributed by atoms with E-state index in [1.165, 1.54) is 0 Å². The largest absolute Gasteiger partial charge is 0.480 e. The molecule has 1 fully saturated rings. The molecule has 0 atom stereocenters. The van der Waals surface area contributed by atoms with E-state index in [0.717, 1.165) is 25.8 Å². The van der Waals surface area contributed by atoms with Crippen molar-refractivity contribution in [1.82, 2.24) is 5.32 Å². The molecule has 3 heteroatoms. The molecule has 0 spiro atoms. The molecule has 0 aromatic rings. The maximum Gasteiger partial charge on any atom is 0.323 e. The van der Waals surface area contributed by atoms with Crippen LogP contribution in [-0.4, -0.2) is 23.2 Å². The normalized spacial score (nSPS) is 20.6. The lowest BCUT2D eigenvalue weighted by atomic mass is 9.76. The molecule has 1 aliphatic rings. The van der Waals surface area contributed by atoms with E-state index in [9.17, 15) is 4.79 Å². The van der Waals surface area contributed by atoms with Crippen molar-refractivity contribution in [2.45, 2.75) is 38.6 Å². The number of carboxylic acids is 1. The van der Waals surface area contributed by atoms with Crippen molar-refractivity contribution in [2.75, 3.05) is 6.54 Å². The molecule has 0 aromatic carbocycles. The standard InChI is InChI=1S/C9H17NO2/c1-7(2)6-10-9(8(11)12)4-3-5-9/h7,10H,3-6H2,1-2H3,(H,11,12). The van der Waals surface area contributed by atoms with Crippen LogP contribution in [0.3, 0.4) is 0 Å². The van der Waals surface area contributed by atoms with Crippen LogP contribution in [0.2, 0.25) is 0 Å². The van der Waals surface area contributed by atoms with Crippen molar-refractivity contribution in [1.29, 1.82) is 0 Å². The topological polar surface area (TPSA) is 49.3 Å². The zero-order valence-electron chi connectivity index (χ0n) is 7.76. The Labute approximate surface area is 73.2 Å². The van der Waals surface area contributed by atoms with Crippen molar-refractivity contribution < 1.29 is 9.90 Å². The van der Waals surface area contributed by atoms with E-state index < -0.39 is 11.5 Å². The minimum Gasteiger partial charge on any atom is -0.480 e. The van der Waals surface area contributed by atoms with Gasteiger partial charge in [-0.25, -0.2) is 0 Å². The highest BCUT2D eigenvalue weighted by Crippen LogP contribution is 2.31. The number of aliphatic carboxylic acids is 1. The highest BCUT2D eigenvalue weighted by atomic mass is 16.4. The van der Waals surface area contributed by atoms with Gasteiger partial charge in [-0.3, -0.25) is 4.79 Å². The van der Waals surface area contributed by atoms with E-state index in [4.69, 9.17) is 5.11 Å². The zero-order valence-corrected chi connectivity index (χ0v) is 7.76. The fourth-order valence-corrected chi connectivity index (χ4v) is 1.40. The summed E-state index contributed by atoms with van der Waals surface area (Å²) in [6.45, 7) is 4.97. The van der Waals surface area contributed by atoms with Gasteiger partial charge in [0.1, 0.15) is 5.54 Å². The summed E-state index contributed by atoms with van der Waals surface area (Å²) in [7, 11) is 0. The summed E-state index contributed by atoms with van der Waals surface area (Å²) >= 11 is 0. The van der Waals surface area contributed by atoms with E-state index >= 15 is 0 Å². The Bertz CT molecular complexity index is 173. The lowest BCUT2D eigenvalue weighted by molar-refractivity contribution is -0.148. The maximum absolute atomic E-state index is 10.9. The van der Waals surface area contributed by atoms with Gasteiger partial charge in [0.25, 0.3) is 0 Å². The van der Waals surface area contributed by atoms with Crippen molar-refractivity contribution in [3.8, 4) is 0 Å². The predicted octanol–water partition coefficient (Wildman–Crippen LogP) is 1.24. The molecular formula is C9H17NO2. The van der Waals surface area contributed by atoms with E-state index in [0.29, 0.717) is 5.92 Å². The Kier molecular flexibility index (Phi) is 2.73. The van der Waals surface area contributed by atoms with Crippen LogP contribution in [0.25, 0.3) is 0 Å². The number of carboxylic acid groups (broad SMARTS) is 1. The fourth-order valence-electron chi connectivity index (χ4n) is 1.40. The second kappa shape index (κ2) is 3.44. The fraction of sp³-hybridized carbons (Fsp3) is 0.889. The lowest BCUT2D eigenvalue weighted by Crippen LogP contribution is -2.57. The molecule has 12 heavy (non-hydrogen) atoms. The lowest BCUT2D eigenvalue weighted by Gasteiger charge is -2.39. The minimum absolute atomic E-state index is 0.516. The van der Waals surface area contributed by atoms with Gasteiger partial charge >= 0.3 is 5.97 Å². The van der Waals surface area contributed by atoms with Gasteiger partial charge in [-0.15, -0.1) is 0 Å². The number of nitrogens with one attached hydrogen (secondary N) is 1. The monoisotopic (exact) mass is 171 g/mol. The predicted molar refractivity (Wildman–Crippen MR) is 47.1 cm³/mol. The summed E-state index contributed by atoms with van der Waals surface area (Å²) in [5, 5.41) is 12.1. The highest BCUT2D eigenvalue weighted by Gasteiger charge is 2.43. The Morgan fingerprint density at radius 3 is 2.42 bits per heavy atom. The summed E-state index contributed by atoms with van der Waals surface area (Å²) in [4.78, 5) is 10.9. The van der Waals surface area contributed by atoms with Gasteiger partial charge in [0.15, 0.2) is 0 Å². The van der Waals surface area contributed by atoms with Crippen molar-refractivity contribution in [2.24, 2.45) is 5.92 Å². The van der Waals surface area contributed by atoms with Crippen LogP contribution >= 0.6 is 0 Å². The highest BCUT2D eigenvalue weighted by molar-refractivity contribution is 5.79. The SMILES string of the molecule is CC(C)CNC1(C(=O)O)CCC1.